The first kappa shape index (κ1) is 15.6. The van der Waals surface area contributed by atoms with E-state index in [1.165, 1.54) is 0 Å². The van der Waals surface area contributed by atoms with Crippen LogP contribution < -0.4 is 10.0 Å². The molecule has 1 aliphatic carbocycles. The molecular formula is C15H20N2O3S. The van der Waals surface area contributed by atoms with Gasteiger partial charge >= 0.3 is 0 Å². The normalized spacial score (nSPS) is 16.6. The Bertz CT molecular complexity index is 631. The molecule has 0 saturated heterocycles. The van der Waals surface area contributed by atoms with Crippen LogP contribution in [-0.2, 0) is 20.2 Å². The topological polar surface area (TPSA) is 75.3 Å². The minimum absolute atomic E-state index is 0.0115. The van der Waals surface area contributed by atoms with Crippen molar-refractivity contribution in [2.45, 2.75) is 24.7 Å². The van der Waals surface area contributed by atoms with Gasteiger partial charge in [-0.15, -0.1) is 6.58 Å². The van der Waals surface area contributed by atoms with E-state index in [0.717, 1.165) is 31.1 Å². The second-order valence-electron chi connectivity index (χ2n) is 5.39. The molecular weight excluding hydrogens is 288 g/mol. The zero-order valence-corrected chi connectivity index (χ0v) is 12.9. The van der Waals surface area contributed by atoms with Gasteiger partial charge in [-0.1, -0.05) is 24.6 Å². The summed E-state index contributed by atoms with van der Waals surface area (Å²) in [6, 6.07) is 7.02. The van der Waals surface area contributed by atoms with Crippen molar-refractivity contribution in [3.63, 3.8) is 0 Å². The fraction of sp³-hybridized carbons (Fsp3) is 0.400. The molecule has 0 atom stereocenters. The molecule has 6 heteroatoms. The quantitative estimate of drug-likeness (QED) is 0.787. The first-order chi connectivity index (χ1) is 9.87. The van der Waals surface area contributed by atoms with Gasteiger partial charge in [-0.2, -0.15) is 0 Å². The van der Waals surface area contributed by atoms with Crippen LogP contribution in [0.3, 0.4) is 0 Å². The summed E-state index contributed by atoms with van der Waals surface area (Å²) < 4.78 is 24.8. The number of carbonyl (C=O) groups is 1. The lowest BCUT2D eigenvalue weighted by atomic mass is 9.64. The fourth-order valence-corrected chi connectivity index (χ4v) is 3.15. The van der Waals surface area contributed by atoms with Crippen molar-refractivity contribution in [1.29, 1.82) is 0 Å². The molecule has 114 valence electrons. The molecule has 1 amide bonds. The predicted octanol–water partition coefficient (Wildman–Crippen LogP) is 1.78. The molecule has 1 saturated carbocycles. The van der Waals surface area contributed by atoms with Crippen LogP contribution in [0.15, 0.2) is 36.9 Å². The smallest absolute Gasteiger partial charge is 0.230 e. The van der Waals surface area contributed by atoms with Gasteiger partial charge in [0, 0.05) is 12.2 Å². The van der Waals surface area contributed by atoms with Crippen LogP contribution in [0.4, 0.5) is 5.69 Å². The molecule has 5 nitrogen and oxygen atoms in total. The Kier molecular flexibility index (Phi) is 4.37. The number of nitrogens with one attached hydrogen (secondary N) is 2. The molecule has 0 bridgehead atoms. The molecule has 2 rings (SSSR count). The van der Waals surface area contributed by atoms with Gasteiger partial charge in [0.25, 0.3) is 0 Å². The Hall–Kier alpha value is -1.82. The van der Waals surface area contributed by atoms with Crippen LogP contribution in [-0.4, -0.2) is 27.1 Å². The molecule has 1 aromatic rings. The average Bonchev–Trinajstić information content (AvgIpc) is 2.35. The standard InChI is InChI=1S/C15H20N2O3S/c1-3-11-16-14(18)15(9-4-10-15)12-5-7-13(8-6-12)17-21(2,19)20/h3,5-8,17H,1,4,9-11H2,2H3,(H,16,18). The second-order valence-corrected chi connectivity index (χ2v) is 7.13. The average molecular weight is 308 g/mol. The third-order valence-corrected chi connectivity index (χ3v) is 4.40. The van der Waals surface area contributed by atoms with Crippen molar-refractivity contribution in [2.24, 2.45) is 0 Å². The maximum absolute atomic E-state index is 12.3. The Morgan fingerprint density at radius 2 is 1.95 bits per heavy atom. The van der Waals surface area contributed by atoms with Gasteiger partial charge < -0.3 is 5.32 Å². The molecule has 21 heavy (non-hydrogen) atoms. The third-order valence-electron chi connectivity index (χ3n) is 3.79. The van der Waals surface area contributed by atoms with Crippen molar-refractivity contribution in [2.75, 3.05) is 17.5 Å². The van der Waals surface area contributed by atoms with E-state index in [1.54, 1.807) is 18.2 Å². The van der Waals surface area contributed by atoms with Crippen molar-refractivity contribution in [1.82, 2.24) is 5.32 Å². The van der Waals surface area contributed by atoms with Crippen LogP contribution >= 0.6 is 0 Å². The van der Waals surface area contributed by atoms with Crippen molar-refractivity contribution < 1.29 is 13.2 Å². The SMILES string of the molecule is C=CCNC(=O)C1(c2ccc(NS(C)(=O)=O)cc2)CCC1. The molecule has 0 aliphatic heterocycles. The van der Waals surface area contributed by atoms with E-state index in [-0.39, 0.29) is 5.91 Å². The Morgan fingerprint density at radius 3 is 2.38 bits per heavy atom. The van der Waals surface area contributed by atoms with Gasteiger partial charge in [0.1, 0.15) is 0 Å². The van der Waals surface area contributed by atoms with Crippen molar-refractivity contribution in [3.05, 3.63) is 42.5 Å². The van der Waals surface area contributed by atoms with E-state index in [4.69, 9.17) is 0 Å². The number of sulfonamides is 1. The Morgan fingerprint density at radius 1 is 1.33 bits per heavy atom. The van der Waals surface area contributed by atoms with E-state index in [0.29, 0.717) is 12.2 Å². The molecule has 1 fully saturated rings. The fourth-order valence-electron chi connectivity index (χ4n) is 2.58. The minimum Gasteiger partial charge on any atom is -0.352 e. The first-order valence-electron chi connectivity index (χ1n) is 6.85. The van der Waals surface area contributed by atoms with Gasteiger partial charge in [0.05, 0.1) is 11.7 Å². The number of anilines is 1. The van der Waals surface area contributed by atoms with Crippen molar-refractivity contribution in [3.8, 4) is 0 Å². The minimum atomic E-state index is -3.29. The summed E-state index contributed by atoms with van der Waals surface area (Å²) in [5.41, 5.74) is 0.948. The predicted molar refractivity (Wildman–Crippen MR) is 83.6 cm³/mol. The lowest BCUT2D eigenvalue weighted by Crippen LogP contribution is -2.49. The zero-order chi connectivity index (χ0) is 15.5. The number of amides is 1. The van der Waals surface area contributed by atoms with Gasteiger partial charge in [0.2, 0.25) is 15.9 Å². The number of benzene rings is 1. The van der Waals surface area contributed by atoms with Gasteiger partial charge in [-0.05, 0) is 30.5 Å². The second kappa shape index (κ2) is 5.89. The molecule has 0 aromatic heterocycles. The summed E-state index contributed by atoms with van der Waals surface area (Å²) in [5.74, 6) is 0.0115. The van der Waals surface area contributed by atoms with E-state index >= 15 is 0 Å². The maximum atomic E-state index is 12.3. The lowest BCUT2D eigenvalue weighted by molar-refractivity contribution is -0.129. The number of carbonyl (C=O) groups excluding carboxylic acids is 1. The molecule has 0 heterocycles. The number of hydrogen-bond acceptors (Lipinski definition) is 3. The number of rotatable bonds is 6. The van der Waals surface area contributed by atoms with E-state index in [9.17, 15) is 13.2 Å². The Labute approximate surface area is 125 Å². The van der Waals surface area contributed by atoms with Crippen molar-refractivity contribution >= 4 is 21.6 Å². The number of hydrogen-bond donors (Lipinski definition) is 2. The van der Waals surface area contributed by atoms with E-state index in [2.05, 4.69) is 16.6 Å². The summed E-state index contributed by atoms with van der Waals surface area (Å²) in [4.78, 5) is 12.3. The zero-order valence-electron chi connectivity index (χ0n) is 12.1. The van der Waals surface area contributed by atoms with Gasteiger partial charge in [-0.3, -0.25) is 9.52 Å². The van der Waals surface area contributed by atoms with Crippen LogP contribution in [0.25, 0.3) is 0 Å². The van der Waals surface area contributed by atoms with Crippen LogP contribution in [0.2, 0.25) is 0 Å². The summed E-state index contributed by atoms with van der Waals surface area (Å²) in [6.07, 6.45) is 5.41. The summed E-state index contributed by atoms with van der Waals surface area (Å²) in [5, 5.41) is 2.86. The Balaban J connectivity index is 2.19. The van der Waals surface area contributed by atoms with E-state index in [1.807, 2.05) is 12.1 Å². The summed E-state index contributed by atoms with van der Waals surface area (Å²) in [7, 11) is -3.29. The van der Waals surface area contributed by atoms with Crippen LogP contribution in [0.1, 0.15) is 24.8 Å². The molecule has 2 N–H and O–H groups in total. The van der Waals surface area contributed by atoms with Gasteiger partial charge in [0.15, 0.2) is 0 Å². The van der Waals surface area contributed by atoms with Gasteiger partial charge in [-0.25, -0.2) is 8.42 Å². The van der Waals surface area contributed by atoms with E-state index < -0.39 is 15.4 Å². The highest BCUT2D eigenvalue weighted by atomic mass is 32.2. The highest BCUT2D eigenvalue weighted by Gasteiger charge is 2.45. The summed E-state index contributed by atoms with van der Waals surface area (Å²) in [6.45, 7) is 4.05. The molecule has 0 spiro atoms. The van der Waals surface area contributed by atoms with Crippen LogP contribution in [0, 0.1) is 0 Å². The third kappa shape index (κ3) is 3.44. The summed E-state index contributed by atoms with van der Waals surface area (Å²) >= 11 is 0. The monoisotopic (exact) mass is 308 g/mol. The highest BCUT2D eigenvalue weighted by molar-refractivity contribution is 7.92. The largest absolute Gasteiger partial charge is 0.352 e. The molecule has 0 radical (unpaired) electrons. The first-order valence-corrected chi connectivity index (χ1v) is 8.74. The molecule has 1 aliphatic rings. The molecule has 1 aromatic carbocycles. The lowest BCUT2D eigenvalue weighted by Gasteiger charge is -2.40. The maximum Gasteiger partial charge on any atom is 0.230 e. The highest BCUT2D eigenvalue weighted by Crippen LogP contribution is 2.44. The molecule has 0 unspecified atom stereocenters. The van der Waals surface area contributed by atoms with Crippen LogP contribution in [0.5, 0.6) is 0 Å².